The van der Waals surface area contributed by atoms with E-state index in [-0.39, 0.29) is 29.7 Å². The number of amides is 2. The molecule has 12 heteroatoms. The number of likely N-dealkylation sites (N-methyl/N-ethyl adjacent to an activating group) is 1. The lowest BCUT2D eigenvalue weighted by molar-refractivity contribution is -0.192. The fourth-order valence-corrected chi connectivity index (χ4v) is 4.18. The zero-order chi connectivity index (χ0) is 26.7. The lowest BCUT2D eigenvalue weighted by Gasteiger charge is -2.46. The third kappa shape index (κ3) is 5.80. The van der Waals surface area contributed by atoms with Crippen molar-refractivity contribution >= 4 is 23.5 Å². The maximum Gasteiger partial charge on any atom is 0.490 e. The van der Waals surface area contributed by atoms with E-state index in [9.17, 15) is 27.2 Å². The van der Waals surface area contributed by atoms with Crippen molar-refractivity contribution in [2.45, 2.75) is 18.1 Å². The van der Waals surface area contributed by atoms with E-state index in [1.807, 2.05) is 18.0 Å². The first-order valence-electron chi connectivity index (χ1n) is 10.7. The highest BCUT2D eigenvalue weighted by Crippen LogP contribution is 2.34. The molecule has 1 N–H and O–H groups in total. The molecule has 2 amide bonds. The molecule has 0 bridgehead atoms. The van der Waals surface area contributed by atoms with Crippen LogP contribution in [0, 0.1) is 17.1 Å². The smallest absolute Gasteiger partial charge is 0.475 e. The Morgan fingerprint density at radius 2 is 1.75 bits per heavy atom. The fourth-order valence-electron chi connectivity index (χ4n) is 4.18. The van der Waals surface area contributed by atoms with Crippen molar-refractivity contribution in [1.29, 1.82) is 5.26 Å². The van der Waals surface area contributed by atoms with Gasteiger partial charge in [-0.3, -0.25) is 14.5 Å². The van der Waals surface area contributed by atoms with Crippen LogP contribution in [0.1, 0.15) is 22.3 Å². The minimum atomic E-state index is -5.08. The summed E-state index contributed by atoms with van der Waals surface area (Å²) in [7, 11) is 1.90. The van der Waals surface area contributed by atoms with E-state index in [0.29, 0.717) is 36.4 Å². The van der Waals surface area contributed by atoms with Crippen molar-refractivity contribution in [3.05, 3.63) is 65.5 Å². The van der Waals surface area contributed by atoms with Gasteiger partial charge < -0.3 is 14.9 Å². The fraction of sp³-hybridized carbons (Fsp3) is 0.333. The number of aliphatic carboxylic acids is 1. The molecule has 2 aliphatic rings. The molecule has 2 aliphatic heterocycles. The molecule has 36 heavy (non-hydrogen) atoms. The summed E-state index contributed by atoms with van der Waals surface area (Å²) in [5.41, 5.74) is 1.22. The SMILES string of the molecule is CN1CC(=O)N(c2cccc(F)c2)CC12CCN(C(=O)c1ccc(C#N)cc1)C2.O=C(O)C(F)(F)F. The third-order valence-corrected chi connectivity index (χ3v) is 6.18. The van der Waals surface area contributed by atoms with Crippen LogP contribution in [0.2, 0.25) is 0 Å². The van der Waals surface area contributed by atoms with Gasteiger partial charge in [-0.1, -0.05) is 6.07 Å². The second-order valence-corrected chi connectivity index (χ2v) is 8.51. The van der Waals surface area contributed by atoms with E-state index in [2.05, 4.69) is 0 Å². The number of piperazine rings is 1. The molecule has 0 aliphatic carbocycles. The third-order valence-electron chi connectivity index (χ3n) is 6.18. The van der Waals surface area contributed by atoms with Gasteiger partial charge in [0, 0.05) is 30.9 Å². The molecule has 0 aromatic heterocycles. The Morgan fingerprint density at radius 3 is 2.31 bits per heavy atom. The Bertz CT molecular complexity index is 1200. The predicted molar refractivity (Wildman–Crippen MR) is 119 cm³/mol. The monoisotopic (exact) mass is 506 g/mol. The highest BCUT2D eigenvalue weighted by Gasteiger charge is 2.48. The molecule has 8 nitrogen and oxygen atoms in total. The molecule has 1 spiro atoms. The lowest BCUT2D eigenvalue weighted by atomic mass is 9.92. The van der Waals surface area contributed by atoms with E-state index >= 15 is 0 Å². The maximum atomic E-state index is 13.7. The van der Waals surface area contributed by atoms with Crippen LogP contribution in [-0.4, -0.2) is 77.6 Å². The number of carbonyl (C=O) groups excluding carboxylic acids is 2. The zero-order valence-corrected chi connectivity index (χ0v) is 19.1. The number of hydrogen-bond donors (Lipinski definition) is 1. The highest BCUT2D eigenvalue weighted by atomic mass is 19.4. The van der Waals surface area contributed by atoms with Crippen LogP contribution in [0.15, 0.2) is 48.5 Å². The number of benzene rings is 2. The standard InChI is InChI=1S/C22H21FN4O2.C2HF3O2/c1-25-13-20(28)27(19-4-2-3-18(23)11-19)15-22(25)9-10-26(14-22)21(29)17-7-5-16(12-24)6-8-17;3-2(4,5)1(6)7/h2-8,11H,9-10,13-15H2,1H3;(H,6,7). The molecule has 2 fully saturated rings. The Labute approximate surface area is 203 Å². The lowest BCUT2D eigenvalue weighted by Crippen LogP contribution is -2.64. The molecule has 2 saturated heterocycles. The average molecular weight is 506 g/mol. The number of nitriles is 1. The second-order valence-electron chi connectivity index (χ2n) is 8.51. The van der Waals surface area contributed by atoms with Gasteiger partial charge in [-0.05, 0) is 55.9 Å². The van der Waals surface area contributed by atoms with Gasteiger partial charge in [0.15, 0.2) is 0 Å². The van der Waals surface area contributed by atoms with Crippen molar-refractivity contribution in [2.24, 2.45) is 0 Å². The van der Waals surface area contributed by atoms with Crippen LogP contribution in [0.5, 0.6) is 0 Å². The molecule has 0 radical (unpaired) electrons. The molecule has 190 valence electrons. The van der Waals surface area contributed by atoms with Gasteiger partial charge >= 0.3 is 12.1 Å². The Hall–Kier alpha value is -3.98. The van der Waals surface area contributed by atoms with Crippen LogP contribution < -0.4 is 4.90 Å². The Kier molecular flexibility index (Phi) is 7.64. The number of carboxylic acid groups (broad SMARTS) is 1. The molecule has 1 atom stereocenters. The number of carboxylic acids is 1. The molecule has 2 aromatic carbocycles. The molecule has 4 rings (SSSR count). The number of carbonyl (C=O) groups is 3. The summed E-state index contributed by atoms with van der Waals surface area (Å²) in [4.78, 5) is 39.9. The number of hydrogen-bond acceptors (Lipinski definition) is 5. The second kappa shape index (κ2) is 10.3. The topological polar surface area (TPSA) is 105 Å². The first-order chi connectivity index (χ1) is 16.9. The first kappa shape index (κ1) is 26.6. The number of likely N-dealkylation sites (tertiary alicyclic amines) is 1. The van der Waals surface area contributed by atoms with Gasteiger partial charge in [0.05, 0.1) is 23.7 Å². The number of anilines is 1. The molecular weight excluding hydrogens is 484 g/mol. The average Bonchev–Trinajstić information content (AvgIpc) is 3.26. The first-order valence-corrected chi connectivity index (χ1v) is 10.7. The summed E-state index contributed by atoms with van der Waals surface area (Å²) in [5, 5.41) is 16.0. The normalized spacial score (nSPS) is 20.1. The zero-order valence-electron chi connectivity index (χ0n) is 19.1. The predicted octanol–water partition coefficient (Wildman–Crippen LogP) is 2.89. The van der Waals surface area contributed by atoms with Crippen molar-refractivity contribution in [2.75, 3.05) is 38.1 Å². The van der Waals surface area contributed by atoms with Crippen LogP contribution in [0.4, 0.5) is 23.2 Å². The Balaban J connectivity index is 0.000000454. The molecule has 1 unspecified atom stereocenters. The van der Waals surface area contributed by atoms with Crippen LogP contribution in [0.3, 0.4) is 0 Å². The molecule has 0 saturated carbocycles. The van der Waals surface area contributed by atoms with E-state index in [0.717, 1.165) is 6.42 Å². The quantitative estimate of drug-likeness (QED) is 0.629. The van der Waals surface area contributed by atoms with Gasteiger partial charge in [0.25, 0.3) is 5.91 Å². The van der Waals surface area contributed by atoms with E-state index < -0.39 is 12.1 Å². The highest BCUT2D eigenvalue weighted by molar-refractivity contribution is 5.97. The van der Waals surface area contributed by atoms with Gasteiger partial charge in [0.2, 0.25) is 5.91 Å². The molecule has 2 aromatic rings. The minimum Gasteiger partial charge on any atom is -0.475 e. The number of nitrogens with zero attached hydrogens (tertiary/aromatic N) is 4. The van der Waals surface area contributed by atoms with E-state index in [4.69, 9.17) is 15.2 Å². The summed E-state index contributed by atoms with van der Waals surface area (Å²) in [6, 6.07) is 14.7. The summed E-state index contributed by atoms with van der Waals surface area (Å²) < 4.78 is 45.4. The summed E-state index contributed by atoms with van der Waals surface area (Å²) in [6.07, 6.45) is -4.36. The van der Waals surface area contributed by atoms with Crippen LogP contribution in [-0.2, 0) is 9.59 Å². The van der Waals surface area contributed by atoms with Crippen molar-refractivity contribution < 1.29 is 37.1 Å². The summed E-state index contributed by atoms with van der Waals surface area (Å²) in [5.74, 6) is -3.31. The minimum absolute atomic E-state index is 0.0828. The largest absolute Gasteiger partial charge is 0.490 e. The Morgan fingerprint density at radius 1 is 1.11 bits per heavy atom. The number of halogens is 4. The van der Waals surface area contributed by atoms with Crippen molar-refractivity contribution in [3.63, 3.8) is 0 Å². The van der Waals surface area contributed by atoms with Crippen molar-refractivity contribution in [1.82, 2.24) is 9.80 Å². The van der Waals surface area contributed by atoms with Gasteiger partial charge in [0.1, 0.15) is 5.82 Å². The van der Waals surface area contributed by atoms with Crippen molar-refractivity contribution in [3.8, 4) is 6.07 Å². The number of alkyl halides is 3. The van der Waals surface area contributed by atoms with E-state index in [1.54, 1.807) is 46.2 Å². The van der Waals surface area contributed by atoms with E-state index in [1.165, 1.54) is 12.1 Å². The van der Waals surface area contributed by atoms with Gasteiger partial charge in [-0.25, -0.2) is 9.18 Å². The maximum absolute atomic E-state index is 13.7. The molecule has 2 heterocycles. The van der Waals surface area contributed by atoms with Gasteiger partial charge in [-0.2, -0.15) is 18.4 Å². The number of rotatable bonds is 2. The molecular formula is C24H22F4N4O4. The van der Waals surface area contributed by atoms with Crippen LogP contribution in [0.25, 0.3) is 0 Å². The van der Waals surface area contributed by atoms with Gasteiger partial charge in [-0.15, -0.1) is 0 Å². The summed E-state index contributed by atoms with van der Waals surface area (Å²) >= 11 is 0. The summed E-state index contributed by atoms with van der Waals surface area (Å²) in [6.45, 7) is 1.69. The van der Waals surface area contributed by atoms with Crippen LogP contribution >= 0.6 is 0 Å².